The SMILES string of the molecule is NCCC(=O)NCC1CCCCN1C(=O)CCC(=O)c1ccc(Cl)cc1. The summed E-state index contributed by atoms with van der Waals surface area (Å²) in [5.74, 6) is -0.201. The predicted molar refractivity (Wildman–Crippen MR) is 101 cm³/mol. The highest BCUT2D eigenvalue weighted by Gasteiger charge is 2.27. The summed E-state index contributed by atoms with van der Waals surface area (Å²) >= 11 is 5.82. The summed E-state index contributed by atoms with van der Waals surface area (Å²) in [5, 5.41) is 3.42. The van der Waals surface area contributed by atoms with Gasteiger partial charge in [0.2, 0.25) is 11.8 Å². The van der Waals surface area contributed by atoms with E-state index in [1.54, 1.807) is 29.2 Å². The largest absolute Gasteiger partial charge is 0.354 e. The number of carbonyl (C=O) groups excluding carboxylic acids is 3. The van der Waals surface area contributed by atoms with Gasteiger partial charge in [-0.2, -0.15) is 0 Å². The molecule has 1 aromatic carbocycles. The number of ketones is 1. The van der Waals surface area contributed by atoms with Crippen LogP contribution in [-0.4, -0.2) is 48.2 Å². The number of piperidine rings is 1. The summed E-state index contributed by atoms with van der Waals surface area (Å²) in [6.07, 6.45) is 3.48. The standard InChI is InChI=1S/C19H26ClN3O3/c20-15-6-4-14(5-7-15)17(24)8-9-19(26)23-12-2-1-3-16(23)13-22-18(25)10-11-21/h4-7,16H,1-3,8-13,21H2,(H,22,25). The Morgan fingerprint density at radius 3 is 2.54 bits per heavy atom. The average Bonchev–Trinajstić information content (AvgIpc) is 2.65. The number of carbonyl (C=O) groups is 3. The van der Waals surface area contributed by atoms with E-state index in [0.717, 1.165) is 19.3 Å². The van der Waals surface area contributed by atoms with Gasteiger partial charge in [-0.3, -0.25) is 14.4 Å². The first-order chi connectivity index (χ1) is 12.5. The van der Waals surface area contributed by atoms with Crippen LogP contribution in [0.15, 0.2) is 24.3 Å². The molecule has 0 bridgehead atoms. The summed E-state index contributed by atoms with van der Waals surface area (Å²) in [6.45, 7) is 1.42. The van der Waals surface area contributed by atoms with Crippen LogP contribution in [0.1, 0.15) is 48.9 Å². The molecule has 7 heteroatoms. The lowest BCUT2D eigenvalue weighted by molar-refractivity contribution is -0.135. The number of hydrogen-bond donors (Lipinski definition) is 2. The van der Waals surface area contributed by atoms with Gasteiger partial charge in [-0.15, -0.1) is 0 Å². The van der Waals surface area contributed by atoms with Gasteiger partial charge in [0, 0.05) is 55.5 Å². The Kier molecular flexibility index (Phi) is 8.06. The maximum atomic E-state index is 12.6. The van der Waals surface area contributed by atoms with Gasteiger partial charge in [0.1, 0.15) is 0 Å². The molecule has 1 saturated heterocycles. The zero-order valence-electron chi connectivity index (χ0n) is 14.9. The predicted octanol–water partition coefficient (Wildman–Crippen LogP) is 2.15. The van der Waals surface area contributed by atoms with Crippen molar-refractivity contribution in [3.05, 3.63) is 34.9 Å². The van der Waals surface area contributed by atoms with E-state index < -0.39 is 0 Å². The number of amides is 2. The van der Waals surface area contributed by atoms with Crippen LogP contribution in [0.2, 0.25) is 5.02 Å². The Morgan fingerprint density at radius 1 is 1.12 bits per heavy atom. The number of nitrogens with zero attached hydrogens (tertiary/aromatic N) is 1. The molecule has 1 fully saturated rings. The lowest BCUT2D eigenvalue weighted by atomic mass is 10.00. The first-order valence-corrected chi connectivity index (χ1v) is 9.44. The van der Waals surface area contributed by atoms with Crippen molar-refractivity contribution in [3.8, 4) is 0 Å². The van der Waals surface area contributed by atoms with Gasteiger partial charge in [-0.05, 0) is 43.5 Å². The second kappa shape index (κ2) is 10.3. The fraction of sp³-hybridized carbons (Fsp3) is 0.526. The van der Waals surface area contributed by atoms with E-state index in [0.29, 0.717) is 30.2 Å². The van der Waals surface area contributed by atoms with E-state index in [-0.39, 0.29) is 42.9 Å². The van der Waals surface area contributed by atoms with Gasteiger partial charge >= 0.3 is 0 Å². The lowest BCUT2D eigenvalue weighted by Gasteiger charge is -2.36. The Labute approximate surface area is 159 Å². The van der Waals surface area contributed by atoms with Crippen LogP contribution < -0.4 is 11.1 Å². The average molecular weight is 380 g/mol. The molecule has 1 heterocycles. The number of Topliss-reactive ketones (excluding diaryl/α,β-unsaturated/α-hetero) is 1. The molecule has 1 unspecified atom stereocenters. The monoisotopic (exact) mass is 379 g/mol. The third-order valence-electron chi connectivity index (χ3n) is 4.59. The zero-order chi connectivity index (χ0) is 18.9. The summed E-state index contributed by atoms with van der Waals surface area (Å²) in [6, 6.07) is 6.67. The van der Waals surface area contributed by atoms with Crippen molar-refractivity contribution in [2.75, 3.05) is 19.6 Å². The molecule has 0 saturated carbocycles. The van der Waals surface area contributed by atoms with Gasteiger partial charge in [-0.25, -0.2) is 0 Å². The highest BCUT2D eigenvalue weighted by molar-refractivity contribution is 6.30. The van der Waals surface area contributed by atoms with Crippen molar-refractivity contribution in [3.63, 3.8) is 0 Å². The molecule has 1 aliphatic heterocycles. The summed E-state index contributed by atoms with van der Waals surface area (Å²) in [4.78, 5) is 38.2. The Bertz CT molecular complexity index is 633. The molecule has 0 aliphatic carbocycles. The van der Waals surface area contributed by atoms with E-state index in [1.165, 1.54) is 0 Å². The number of nitrogens with two attached hydrogens (primary N) is 1. The van der Waals surface area contributed by atoms with Crippen LogP contribution >= 0.6 is 11.6 Å². The van der Waals surface area contributed by atoms with Crippen molar-refractivity contribution in [2.24, 2.45) is 5.73 Å². The second-order valence-electron chi connectivity index (χ2n) is 6.51. The van der Waals surface area contributed by atoms with Crippen molar-refractivity contribution < 1.29 is 14.4 Å². The van der Waals surface area contributed by atoms with Crippen LogP contribution in [-0.2, 0) is 9.59 Å². The van der Waals surface area contributed by atoms with E-state index in [2.05, 4.69) is 5.32 Å². The molecule has 1 atom stereocenters. The molecule has 1 aromatic rings. The molecule has 0 radical (unpaired) electrons. The fourth-order valence-corrected chi connectivity index (χ4v) is 3.26. The molecular formula is C19H26ClN3O3. The van der Waals surface area contributed by atoms with Gasteiger partial charge in [-0.1, -0.05) is 11.6 Å². The van der Waals surface area contributed by atoms with Crippen LogP contribution in [0.25, 0.3) is 0 Å². The number of rotatable bonds is 8. The highest BCUT2D eigenvalue weighted by Crippen LogP contribution is 2.19. The van der Waals surface area contributed by atoms with E-state index in [9.17, 15) is 14.4 Å². The lowest BCUT2D eigenvalue weighted by Crippen LogP contribution is -2.49. The van der Waals surface area contributed by atoms with Crippen molar-refractivity contribution in [1.82, 2.24) is 10.2 Å². The van der Waals surface area contributed by atoms with Gasteiger partial charge in [0.15, 0.2) is 5.78 Å². The maximum absolute atomic E-state index is 12.6. The number of likely N-dealkylation sites (tertiary alicyclic amines) is 1. The van der Waals surface area contributed by atoms with E-state index >= 15 is 0 Å². The summed E-state index contributed by atoms with van der Waals surface area (Å²) in [5.41, 5.74) is 5.93. The Morgan fingerprint density at radius 2 is 1.85 bits per heavy atom. The van der Waals surface area contributed by atoms with Gasteiger partial charge < -0.3 is 16.0 Å². The number of nitrogens with one attached hydrogen (secondary N) is 1. The van der Waals surface area contributed by atoms with E-state index in [1.807, 2.05) is 0 Å². The molecular weight excluding hydrogens is 354 g/mol. The maximum Gasteiger partial charge on any atom is 0.223 e. The van der Waals surface area contributed by atoms with E-state index in [4.69, 9.17) is 17.3 Å². The Balaban J connectivity index is 1.86. The molecule has 142 valence electrons. The molecule has 1 aliphatic rings. The minimum atomic E-state index is -0.0941. The minimum absolute atomic E-state index is 0.0105. The third-order valence-corrected chi connectivity index (χ3v) is 4.84. The van der Waals surface area contributed by atoms with Crippen LogP contribution in [0.5, 0.6) is 0 Å². The molecule has 2 rings (SSSR count). The third kappa shape index (κ3) is 6.11. The zero-order valence-corrected chi connectivity index (χ0v) is 15.6. The first-order valence-electron chi connectivity index (χ1n) is 9.06. The smallest absolute Gasteiger partial charge is 0.223 e. The van der Waals surface area contributed by atoms with Gasteiger partial charge in [0.25, 0.3) is 0 Å². The quantitative estimate of drug-likeness (QED) is 0.677. The fourth-order valence-electron chi connectivity index (χ4n) is 3.14. The minimum Gasteiger partial charge on any atom is -0.354 e. The molecule has 3 N–H and O–H groups in total. The molecule has 0 spiro atoms. The molecule has 26 heavy (non-hydrogen) atoms. The van der Waals surface area contributed by atoms with Crippen molar-refractivity contribution in [1.29, 1.82) is 0 Å². The van der Waals surface area contributed by atoms with Crippen LogP contribution in [0.3, 0.4) is 0 Å². The van der Waals surface area contributed by atoms with Gasteiger partial charge in [0.05, 0.1) is 0 Å². The topological polar surface area (TPSA) is 92.5 Å². The molecule has 0 aromatic heterocycles. The van der Waals surface area contributed by atoms with Crippen molar-refractivity contribution in [2.45, 2.75) is 44.6 Å². The first kappa shape index (κ1) is 20.4. The number of hydrogen-bond acceptors (Lipinski definition) is 4. The molecule has 6 nitrogen and oxygen atoms in total. The molecule has 2 amide bonds. The van der Waals surface area contributed by atoms with Crippen molar-refractivity contribution >= 4 is 29.2 Å². The summed E-state index contributed by atoms with van der Waals surface area (Å²) < 4.78 is 0. The summed E-state index contributed by atoms with van der Waals surface area (Å²) in [7, 11) is 0. The highest BCUT2D eigenvalue weighted by atomic mass is 35.5. The van der Waals surface area contributed by atoms with Crippen LogP contribution in [0, 0.1) is 0 Å². The number of benzene rings is 1. The number of halogens is 1. The Hall–Kier alpha value is -1.92. The normalized spacial score (nSPS) is 17.0. The second-order valence-corrected chi connectivity index (χ2v) is 6.95. The van der Waals surface area contributed by atoms with Crippen LogP contribution in [0.4, 0.5) is 0 Å².